The highest BCUT2D eigenvalue weighted by atomic mass is 19.4. The first-order valence-electron chi connectivity index (χ1n) is 11.3. The zero-order valence-corrected chi connectivity index (χ0v) is 20.4. The molecule has 0 aromatic heterocycles. The average Bonchev–Trinajstić information content (AvgIpc) is 3.01. The second kappa shape index (κ2) is 10.4. The number of rotatable bonds is 6. The lowest BCUT2D eigenvalue weighted by Gasteiger charge is -2.30. The molecule has 0 bridgehead atoms. The van der Waals surface area contributed by atoms with Crippen LogP contribution in [-0.4, -0.2) is 37.5 Å². The Bertz CT molecular complexity index is 1310. The van der Waals surface area contributed by atoms with Crippen LogP contribution < -0.4 is 19.5 Å². The number of aryl methyl sites for hydroxylation is 1. The Morgan fingerprint density at radius 2 is 1.81 bits per heavy atom. The minimum Gasteiger partial charge on any atom is -0.497 e. The molecule has 3 aromatic carbocycles. The normalized spacial score (nSPS) is 15.4. The molecule has 0 saturated carbocycles. The van der Waals surface area contributed by atoms with Crippen LogP contribution in [0.15, 0.2) is 60.7 Å². The molecule has 0 radical (unpaired) electrons. The van der Waals surface area contributed by atoms with Gasteiger partial charge in [-0.1, -0.05) is 18.2 Å². The predicted octanol–water partition coefficient (Wildman–Crippen LogP) is 5.13. The van der Waals surface area contributed by atoms with Gasteiger partial charge >= 0.3 is 6.18 Å². The van der Waals surface area contributed by atoms with E-state index in [-0.39, 0.29) is 18.8 Å². The fraction of sp³-hybridized carbons (Fsp3) is 0.259. The topological polar surface area (TPSA) is 77.1 Å². The van der Waals surface area contributed by atoms with Gasteiger partial charge in [-0.2, -0.15) is 13.2 Å². The summed E-state index contributed by atoms with van der Waals surface area (Å²) in [6.07, 6.45) is -4.50. The maximum atomic E-state index is 13.6. The van der Waals surface area contributed by atoms with Crippen molar-refractivity contribution >= 4 is 17.5 Å². The number of hydrogen-bond acceptors (Lipinski definition) is 5. The largest absolute Gasteiger partial charge is 0.497 e. The van der Waals surface area contributed by atoms with Gasteiger partial charge in [0.1, 0.15) is 23.3 Å². The van der Waals surface area contributed by atoms with Crippen molar-refractivity contribution in [3.05, 3.63) is 82.9 Å². The molecule has 0 aliphatic carbocycles. The number of carbonyl (C=O) groups excluding carboxylic acids is 2. The third-order valence-electron chi connectivity index (χ3n) is 6.07. The molecule has 4 rings (SSSR count). The molecule has 7 nitrogen and oxygen atoms in total. The van der Waals surface area contributed by atoms with E-state index in [1.54, 1.807) is 43.3 Å². The first-order chi connectivity index (χ1) is 17.6. The van der Waals surface area contributed by atoms with Crippen LogP contribution in [0.3, 0.4) is 0 Å². The van der Waals surface area contributed by atoms with Crippen LogP contribution in [0.5, 0.6) is 17.2 Å². The van der Waals surface area contributed by atoms with Crippen molar-refractivity contribution in [2.75, 3.05) is 26.1 Å². The van der Waals surface area contributed by atoms with Crippen molar-refractivity contribution < 1.29 is 37.0 Å². The van der Waals surface area contributed by atoms with Crippen LogP contribution >= 0.6 is 0 Å². The molecule has 10 heteroatoms. The van der Waals surface area contributed by atoms with E-state index in [0.717, 1.165) is 17.7 Å². The maximum absolute atomic E-state index is 13.6. The van der Waals surface area contributed by atoms with Gasteiger partial charge in [0, 0.05) is 22.9 Å². The van der Waals surface area contributed by atoms with Gasteiger partial charge in [0.15, 0.2) is 6.61 Å². The van der Waals surface area contributed by atoms with Gasteiger partial charge in [-0.15, -0.1) is 0 Å². The number of amides is 2. The summed E-state index contributed by atoms with van der Waals surface area (Å²) < 4.78 is 55.4. The van der Waals surface area contributed by atoms with Gasteiger partial charge in [-0.25, -0.2) is 0 Å². The van der Waals surface area contributed by atoms with Crippen molar-refractivity contribution in [3.63, 3.8) is 0 Å². The van der Waals surface area contributed by atoms with Crippen LogP contribution in [0.2, 0.25) is 0 Å². The van der Waals surface area contributed by atoms with Gasteiger partial charge in [0.25, 0.3) is 11.8 Å². The van der Waals surface area contributed by atoms with Crippen molar-refractivity contribution in [1.29, 1.82) is 0 Å². The SMILES string of the molecule is COc1ccc(CN2C(=O)COc3c(C)cccc3C2C(=O)Nc2ccc(C(F)(F)F)cc2)c(OC)c1. The second-order valence-corrected chi connectivity index (χ2v) is 8.45. The molecule has 1 aliphatic rings. The maximum Gasteiger partial charge on any atom is 0.416 e. The fourth-order valence-electron chi connectivity index (χ4n) is 4.20. The summed E-state index contributed by atoms with van der Waals surface area (Å²) in [7, 11) is 3.00. The summed E-state index contributed by atoms with van der Waals surface area (Å²) in [5.74, 6) is 0.388. The van der Waals surface area contributed by atoms with E-state index < -0.39 is 29.6 Å². The summed E-state index contributed by atoms with van der Waals surface area (Å²) in [6.45, 7) is 1.52. The number of halogens is 3. The summed E-state index contributed by atoms with van der Waals surface area (Å²) >= 11 is 0. The third kappa shape index (κ3) is 5.47. The highest BCUT2D eigenvalue weighted by Crippen LogP contribution is 2.38. The molecule has 1 atom stereocenters. The van der Waals surface area contributed by atoms with E-state index in [9.17, 15) is 22.8 Å². The Balaban J connectivity index is 1.73. The molecule has 1 heterocycles. The number of alkyl halides is 3. The van der Waals surface area contributed by atoms with Crippen molar-refractivity contribution in [3.8, 4) is 17.2 Å². The molecule has 1 unspecified atom stereocenters. The lowest BCUT2D eigenvalue weighted by molar-refractivity contribution is -0.140. The molecule has 0 saturated heterocycles. The molecule has 2 amide bonds. The Labute approximate surface area is 211 Å². The number of ether oxygens (including phenoxy) is 3. The quantitative estimate of drug-likeness (QED) is 0.494. The molecule has 194 valence electrons. The number of methoxy groups -OCH3 is 2. The lowest BCUT2D eigenvalue weighted by Crippen LogP contribution is -2.41. The van der Waals surface area contributed by atoms with Crippen LogP contribution in [-0.2, 0) is 22.3 Å². The number of benzene rings is 3. The number of carbonyl (C=O) groups is 2. The average molecular weight is 515 g/mol. The number of nitrogens with zero attached hydrogens (tertiary/aromatic N) is 1. The Kier molecular flexibility index (Phi) is 7.28. The highest BCUT2D eigenvalue weighted by Gasteiger charge is 2.37. The Morgan fingerprint density at radius 1 is 1.08 bits per heavy atom. The van der Waals surface area contributed by atoms with E-state index in [0.29, 0.717) is 28.4 Å². The van der Waals surface area contributed by atoms with Crippen LogP contribution in [0.25, 0.3) is 0 Å². The standard InChI is InChI=1S/C27H25F3N2O5/c1-16-5-4-6-21-24(26(34)31-19-10-8-18(9-11-19)27(28,29)30)32(23(33)15-37-25(16)21)14-17-7-12-20(35-2)13-22(17)36-3/h4-13,24H,14-15H2,1-3H3,(H,31,34). The van der Waals surface area contributed by atoms with Gasteiger partial charge in [0.05, 0.1) is 26.3 Å². The van der Waals surface area contributed by atoms with E-state index in [2.05, 4.69) is 5.32 Å². The first-order valence-corrected chi connectivity index (χ1v) is 11.3. The molecule has 1 aliphatic heterocycles. The van der Waals surface area contributed by atoms with Crippen LogP contribution in [0.1, 0.15) is 28.3 Å². The lowest BCUT2D eigenvalue weighted by atomic mass is 9.99. The third-order valence-corrected chi connectivity index (χ3v) is 6.07. The summed E-state index contributed by atoms with van der Waals surface area (Å²) in [6, 6.07) is 13.3. The minimum atomic E-state index is -4.50. The zero-order valence-electron chi connectivity index (χ0n) is 20.4. The summed E-state index contributed by atoms with van der Waals surface area (Å²) in [5.41, 5.74) is 1.15. The number of hydrogen-bond donors (Lipinski definition) is 1. The van der Waals surface area contributed by atoms with Crippen molar-refractivity contribution in [1.82, 2.24) is 4.90 Å². The van der Waals surface area contributed by atoms with E-state index >= 15 is 0 Å². The van der Waals surface area contributed by atoms with E-state index in [4.69, 9.17) is 14.2 Å². The highest BCUT2D eigenvalue weighted by molar-refractivity contribution is 5.99. The number of anilines is 1. The van der Waals surface area contributed by atoms with Gasteiger partial charge < -0.3 is 24.4 Å². The molecule has 3 aromatic rings. The number of fused-ring (bicyclic) bond motifs is 1. The minimum absolute atomic E-state index is 0.00778. The molecular formula is C27H25F3N2O5. The smallest absolute Gasteiger partial charge is 0.416 e. The molecule has 1 N–H and O–H groups in total. The fourth-order valence-corrected chi connectivity index (χ4v) is 4.20. The van der Waals surface area contributed by atoms with Crippen LogP contribution in [0.4, 0.5) is 18.9 Å². The van der Waals surface area contributed by atoms with Crippen molar-refractivity contribution in [2.24, 2.45) is 0 Å². The van der Waals surface area contributed by atoms with Crippen LogP contribution in [0, 0.1) is 6.92 Å². The predicted molar refractivity (Wildman–Crippen MR) is 130 cm³/mol. The number of para-hydroxylation sites is 1. The van der Waals surface area contributed by atoms with Gasteiger partial charge in [-0.3, -0.25) is 9.59 Å². The van der Waals surface area contributed by atoms with Gasteiger partial charge in [0.2, 0.25) is 0 Å². The first kappa shape index (κ1) is 25.9. The van der Waals surface area contributed by atoms with Gasteiger partial charge in [-0.05, 0) is 48.9 Å². The molecule has 37 heavy (non-hydrogen) atoms. The molecular weight excluding hydrogens is 489 g/mol. The molecule has 0 fully saturated rings. The number of nitrogens with one attached hydrogen (secondary N) is 1. The van der Waals surface area contributed by atoms with E-state index in [1.165, 1.54) is 31.3 Å². The Hall–Kier alpha value is -4.21. The molecule has 0 spiro atoms. The monoisotopic (exact) mass is 514 g/mol. The van der Waals surface area contributed by atoms with E-state index in [1.807, 2.05) is 0 Å². The second-order valence-electron chi connectivity index (χ2n) is 8.45. The Morgan fingerprint density at radius 3 is 2.46 bits per heavy atom. The summed E-state index contributed by atoms with van der Waals surface area (Å²) in [4.78, 5) is 28.3. The zero-order chi connectivity index (χ0) is 26.7. The summed E-state index contributed by atoms with van der Waals surface area (Å²) in [5, 5.41) is 2.65. The van der Waals surface area contributed by atoms with Crippen molar-refractivity contribution in [2.45, 2.75) is 25.7 Å².